The lowest BCUT2D eigenvalue weighted by molar-refractivity contribution is -0.130. The number of rotatable bonds is 6. The first kappa shape index (κ1) is 15.8. The number of ether oxygens (including phenoxy) is 2. The third-order valence-electron chi connectivity index (χ3n) is 2.50. The van der Waals surface area contributed by atoms with Gasteiger partial charge in [0, 0.05) is 11.6 Å². The van der Waals surface area contributed by atoms with Gasteiger partial charge in [-0.15, -0.1) is 0 Å². The Hall–Kier alpha value is -2.24. The lowest BCUT2D eigenvalue weighted by atomic mass is 10.1. The van der Waals surface area contributed by atoms with E-state index in [1.807, 2.05) is 13.8 Å². The lowest BCUT2D eigenvalue weighted by Crippen LogP contribution is -2.43. The molecule has 2 amide bonds. The summed E-state index contributed by atoms with van der Waals surface area (Å²) < 4.78 is 11.0. The first-order valence-corrected chi connectivity index (χ1v) is 6.22. The van der Waals surface area contributed by atoms with E-state index in [0.29, 0.717) is 11.5 Å². The Labute approximate surface area is 118 Å². The van der Waals surface area contributed by atoms with Crippen LogP contribution in [0.5, 0.6) is 11.5 Å². The molecule has 0 saturated carbocycles. The van der Waals surface area contributed by atoms with Crippen molar-refractivity contribution in [1.82, 2.24) is 0 Å². The van der Waals surface area contributed by atoms with Gasteiger partial charge in [-0.25, -0.2) is 0 Å². The van der Waals surface area contributed by atoms with Crippen LogP contribution in [0.25, 0.3) is 0 Å². The first-order chi connectivity index (χ1) is 9.11. The molecule has 0 heterocycles. The van der Waals surface area contributed by atoms with Gasteiger partial charge in [0.05, 0.1) is 6.10 Å². The second-order valence-electron chi connectivity index (χ2n) is 5.20. The molecule has 0 saturated heterocycles. The summed E-state index contributed by atoms with van der Waals surface area (Å²) in [5.41, 5.74) is 9.54. The molecule has 0 aromatic heterocycles. The van der Waals surface area contributed by atoms with E-state index in [2.05, 4.69) is 0 Å². The molecule has 110 valence electrons. The molecule has 0 aliphatic carbocycles. The van der Waals surface area contributed by atoms with Crippen molar-refractivity contribution in [3.63, 3.8) is 0 Å². The molecule has 1 aromatic rings. The number of hydrogen-bond acceptors (Lipinski definition) is 4. The zero-order chi connectivity index (χ0) is 15.5. The third kappa shape index (κ3) is 4.15. The van der Waals surface area contributed by atoms with Crippen molar-refractivity contribution < 1.29 is 19.1 Å². The molecule has 0 aliphatic heterocycles. The molecule has 0 atom stereocenters. The zero-order valence-corrected chi connectivity index (χ0v) is 12.1. The third-order valence-corrected chi connectivity index (χ3v) is 2.50. The highest BCUT2D eigenvalue weighted by atomic mass is 16.5. The Morgan fingerprint density at radius 3 is 2.10 bits per heavy atom. The van der Waals surface area contributed by atoms with Gasteiger partial charge in [0.25, 0.3) is 5.91 Å². The van der Waals surface area contributed by atoms with Gasteiger partial charge < -0.3 is 20.9 Å². The molecule has 0 spiro atoms. The van der Waals surface area contributed by atoms with Gasteiger partial charge in [0.2, 0.25) is 5.91 Å². The quantitative estimate of drug-likeness (QED) is 0.817. The van der Waals surface area contributed by atoms with Crippen LogP contribution in [0.1, 0.15) is 38.1 Å². The number of amides is 2. The van der Waals surface area contributed by atoms with E-state index in [0.717, 1.165) is 0 Å². The van der Waals surface area contributed by atoms with E-state index < -0.39 is 17.4 Å². The fraction of sp³-hybridized carbons (Fsp3) is 0.429. The van der Waals surface area contributed by atoms with Gasteiger partial charge >= 0.3 is 0 Å². The molecule has 4 N–H and O–H groups in total. The van der Waals surface area contributed by atoms with Crippen LogP contribution < -0.4 is 20.9 Å². The van der Waals surface area contributed by atoms with E-state index in [1.54, 1.807) is 6.07 Å². The van der Waals surface area contributed by atoms with Crippen molar-refractivity contribution in [3.05, 3.63) is 23.8 Å². The fourth-order valence-electron chi connectivity index (χ4n) is 1.46. The Bertz CT molecular complexity index is 524. The largest absolute Gasteiger partial charge is 0.491 e. The minimum absolute atomic E-state index is 0.0740. The SMILES string of the molecule is CC(C)Oc1cc(OC(C)(C)C(N)=O)cc(C(N)=O)c1. The van der Waals surface area contributed by atoms with Gasteiger partial charge in [-0.05, 0) is 39.8 Å². The van der Waals surface area contributed by atoms with Crippen molar-refractivity contribution in [2.24, 2.45) is 11.5 Å². The number of benzene rings is 1. The van der Waals surface area contributed by atoms with Crippen molar-refractivity contribution in [2.45, 2.75) is 39.4 Å². The van der Waals surface area contributed by atoms with E-state index in [4.69, 9.17) is 20.9 Å². The molecule has 1 rings (SSSR count). The molecule has 6 heteroatoms. The van der Waals surface area contributed by atoms with E-state index in [9.17, 15) is 9.59 Å². The Morgan fingerprint density at radius 1 is 1.10 bits per heavy atom. The standard InChI is InChI=1S/C14H20N2O4/c1-8(2)19-10-5-9(12(15)17)6-11(7-10)20-14(3,4)13(16)18/h5-8H,1-4H3,(H2,15,17)(H2,16,18). The summed E-state index contributed by atoms with van der Waals surface area (Å²) in [4.78, 5) is 22.6. The molecule has 6 nitrogen and oxygen atoms in total. The number of nitrogens with two attached hydrogens (primary N) is 2. The van der Waals surface area contributed by atoms with Crippen LogP contribution in [-0.4, -0.2) is 23.5 Å². The van der Waals surface area contributed by atoms with Crippen molar-refractivity contribution in [1.29, 1.82) is 0 Å². The topological polar surface area (TPSA) is 105 Å². The molecule has 0 fully saturated rings. The normalized spacial score (nSPS) is 11.2. The molecule has 1 aromatic carbocycles. The van der Waals surface area contributed by atoms with Gasteiger partial charge in [0.1, 0.15) is 11.5 Å². The zero-order valence-electron chi connectivity index (χ0n) is 12.1. The van der Waals surface area contributed by atoms with Crippen molar-refractivity contribution in [2.75, 3.05) is 0 Å². The van der Waals surface area contributed by atoms with Crippen LogP contribution in [0.15, 0.2) is 18.2 Å². The number of carbonyl (C=O) groups is 2. The van der Waals surface area contributed by atoms with E-state index >= 15 is 0 Å². The first-order valence-electron chi connectivity index (χ1n) is 6.22. The summed E-state index contributed by atoms with van der Waals surface area (Å²) in [6.07, 6.45) is -0.0740. The van der Waals surface area contributed by atoms with Gasteiger partial charge in [-0.2, -0.15) is 0 Å². The maximum Gasteiger partial charge on any atom is 0.261 e. The summed E-state index contributed by atoms with van der Waals surface area (Å²) in [7, 11) is 0. The molecule has 0 unspecified atom stereocenters. The highest BCUT2D eigenvalue weighted by Crippen LogP contribution is 2.26. The molecule has 20 heavy (non-hydrogen) atoms. The highest BCUT2D eigenvalue weighted by Gasteiger charge is 2.27. The van der Waals surface area contributed by atoms with Gasteiger partial charge in [-0.1, -0.05) is 0 Å². The summed E-state index contributed by atoms with van der Waals surface area (Å²) >= 11 is 0. The molecule has 0 radical (unpaired) electrons. The summed E-state index contributed by atoms with van der Waals surface area (Å²) in [6.45, 7) is 6.78. The minimum atomic E-state index is -1.20. The monoisotopic (exact) mass is 280 g/mol. The highest BCUT2D eigenvalue weighted by molar-refractivity contribution is 5.93. The predicted molar refractivity (Wildman–Crippen MR) is 74.6 cm³/mol. The van der Waals surface area contributed by atoms with Crippen LogP contribution in [0.2, 0.25) is 0 Å². The van der Waals surface area contributed by atoms with Crippen LogP contribution >= 0.6 is 0 Å². The van der Waals surface area contributed by atoms with Crippen LogP contribution in [-0.2, 0) is 4.79 Å². The molecular weight excluding hydrogens is 260 g/mol. The second-order valence-corrected chi connectivity index (χ2v) is 5.20. The number of carbonyl (C=O) groups excluding carboxylic acids is 2. The van der Waals surface area contributed by atoms with Crippen LogP contribution in [0, 0.1) is 0 Å². The maximum atomic E-state index is 11.3. The predicted octanol–water partition coefficient (Wildman–Crippen LogP) is 1.22. The number of primary amides is 2. The second kappa shape index (κ2) is 5.81. The summed E-state index contributed by atoms with van der Waals surface area (Å²) in [5, 5.41) is 0. The van der Waals surface area contributed by atoms with Crippen molar-refractivity contribution in [3.8, 4) is 11.5 Å². The Balaban J connectivity index is 3.15. The summed E-state index contributed by atoms with van der Waals surface area (Å²) in [6, 6.07) is 4.55. The van der Waals surface area contributed by atoms with Crippen LogP contribution in [0.3, 0.4) is 0 Å². The average Bonchev–Trinajstić information content (AvgIpc) is 2.26. The van der Waals surface area contributed by atoms with Gasteiger partial charge in [-0.3, -0.25) is 9.59 Å². The Kier molecular flexibility index (Phi) is 4.60. The number of hydrogen-bond donors (Lipinski definition) is 2. The minimum Gasteiger partial charge on any atom is -0.491 e. The average molecular weight is 280 g/mol. The lowest BCUT2D eigenvalue weighted by Gasteiger charge is -2.23. The van der Waals surface area contributed by atoms with Crippen molar-refractivity contribution >= 4 is 11.8 Å². The molecule has 0 aliphatic rings. The molecular formula is C14H20N2O4. The summed E-state index contributed by atoms with van der Waals surface area (Å²) in [5.74, 6) is -0.499. The fourth-order valence-corrected chi connectivity index (χ4v) is 1.46. The Morgan fingerprint density at radius 2 is 1.65 bits per heavy atom. The van der Waals surface area contributed by atoms with E-state index in [1.165, 1.54) is 26.0 Å². The molecule has 0 bridgehead atoms. The smallest absolute Gasteiger partial charge is 0.261 e. The van der Waals surface area contributed by atoms with Gasteiger partial charge in [0.15, 0.2) is 5.60 Å². The van der Waals surface area contributed by atoms with Crippen LogP contribution in [0.4, 0.5) is 0 Å². The van der Waals surface area contributed by atoms with E-state index in [-0.39, 0.29) is 11.7 Å². The maximum absolute atomic E-state index is 11.3.